The van der Waals surface area contributed by atoms with Crippen molar-refractivity contribution in [2.45, 2.75) is 17.5 Å². The first-order chi connectivity index (χ1) is 13.2. The van der Waals surface area contributed by atoms with Gasteiger partial charge in [0.05, 0.1) is 6.42 Å². The Morgan fingerprint density at radius 1 is 1.04 bits per heavy atom. The van der Waals surface area contributed by atoms with Crippen LogP contribution >= 0.6 is 11.8 Å². The van der Waals surface area contributed by atoms with Crippen molar-refractivity contribution in [3.05, 3.63) is 65.7 Å². The molecular weight excluding hydrogens is 389 g/mol. The molecule has 0 saturated carbocycles. The summed E-state index contributed by atoms with van der Waals surface area (Å²) in [5, 5.41) is 4.49. The fraction of sp³-hybridized carbons (Fsp3) is 0.200. The van der Waals surface area contributed by atoms with Crippen LogP contribution in [0.25, 0.3) is 6.08 Å². The van der Waals surface area contributed by atoms with Crippen molar-refractivity contribution in [3.8, 4) is 0 Å². The highest BCUT2D eigenvalue weighted by Crippen LogP contribution is 2.16. The van der Waals surface area contributed by atoms with Gasteiger partial charge in [-0.2, -0.15) is 13.2 Å². The molecule has 148 valence electrons. The molecule has 0 aromatic heterocycles. The number of hydrogen-bond donors (Lipinski definition) is 2. The molecule has 0 radical (unpaired) electrons. The summed E-state index contributed by atoms with van der Waals surface area (Å²) in [4.78, 5) is 24.6. The second-order valence-electron chi connectivity index (χ2n) is 5.86. The lowest BCUT2D eigenvalue weighted by Gasteiger charge is -2.08. The summed E-state index contributed by atoms with van der Waals surface area (Å²) in [6.45, 7) is -1.35. The Morgan fingerprint density at radius 2 is 1.68 bits per heavy atom. The van der Waals surface area contributed by atoms with Crippen LogP contribution in [0.3, 0.4) is 0 Å². The van der Waals surface area contributed by atoms with Crippen LogP contribution in [0.1, 0.15) is 11.1 Å². The van der Waals surface area contributed by atoms with E-state index in [0.29, 0.717) is 11.3 Å². The van der Waals surface area contributed by atoms with Crippen molar-refractivity contribution in [1.29, 1.82) is 0 Å². The summed E-state index contributed by atoms with van der Waals surface area (Å²) in [5.41, 5.74) is 1.96. The van der Waals surface area contributed by atoms with Gasteiger partial charge in [0.25, 0.3) is 0 Å². The van der Waals surface area contributed by atoms with Crippen LogP contribution in [-0.4, -0.2) is 30.8 Å². The number of hydrogen-bond acceptors (Lipinski definition) is 3. The van der Waals surface area contributed by atoms with E-state index < -0.39 is 18.6 Å². The maximum Gasteiger partial charge on any atom is 0.405 e. The van der Waals surface area contributed by atoms with E-state index in [0.717, 1.165) is 10.5 Å². The van der Waals surface area contributed by atoms with Gasteiger partial charge in [0.2, 0.25) is 11.8 Å². The zero-order valence-electron chi connectivity index (χ0n) is 15.0. The monoisotopic (exact) mass is 408 g/mol. The molecule has 0 aliphatic rings. The van der Waals surface area contributed by atoms with Crippen LogP contribution < -0.4 is 10.6 Å². The lowest BCUT2D eigenvalue weighted by molar-refractivity contribution is -0.138. The molecule has 2 aromatic rings. The Labute approximate surface area is 165 Å². The molecule has 0 heterocycles. The molecule has 0 aliphatic carbocycles. The number of rotatable bonds is 7. The van der Waals surface area contributed by atoms with Gasteiger partial charge in [-0.15, -0.1) is 11.8 Å². The number of alkyl halides is 3. The predicted octanol–water partition coefficient (Wildman–Crippen LogP) is 4.28. The normalized spacial score (nSPS) is 11.4. The van der Waals surface area contributed by atoms with Crippen molar-refractivity contribution in [3.63, 3.8) is 0 Å². The maximum absolute atomic E-state index is 12.1. The molecule has 4 nitrogen and oxygen atoms in total. The third-order valence-corrected chi connectivity index (χ3v) is 4.36. The number of amides is 2. The predicted molar refractivity (Wildman–Crippen MR) is 105 cm³/mol. The van der Waals surface area contributed by atoms with Crippen LogP contribution in [0.4, 0.5) is 18.9 Å². The fourth-order valence-electron chi connectivity index (χ4n) is 2.22. The van der Waals surface area contributed by atoms with Crippen molar-refractivity contribution in [1.82, 2.24) is 5.32 Å². The van der Waals surface area contributed by atoms with Gasteiger partial charge in [-0.3, -0.25) is 9.59 Å². The van der Waals surface area contributed by atoms with Gasteiger partial charge in [-0.05, 0) is 47.7 Å². The summed E-state index contributed by atoms with van der Waals surface area (Å²) in [5.74, 6) is -1.03. The molecule has 0 unspecified atom stereocenters. The second kappa shape index (κ2) is 9.98. The van der Waals surface area contributed by atoms with Gasteiger partial charge < -0.3 is 10.6 Å². The Kier molecular flexibility index (Phi) is 7.69. The lowest BCUT2D eigenvalue weighted by Crippen LogP contribution is -2.34. The minimum atomic E-state index is -4.44. The molecule has 8 heteroatoms. The number of halogens is 3. The quantitative estimate of drug-likeness (QED) is 0.531. The van der Waals surface area contributed by atoms with E-state index in [1.807, 2.05) is 35.8 Å². The Bertz CT molecular complexity index is 832. The maximum atomic E-state index is 12.1. The van der Waals surface area contributed by atoms with Gasteiger partial charge in [0.1, 0.15) is 6.54 Å². The highest BCUT2D eigenvalue weighted by Gasteiger charge is 2.27. The Balaban J connectivity index is 1.84. The molecule has 0 bridgehead atoms. The van der Waals surface area contributed by atoms with E-state index in [2.05, 4.69) is 5.32 Å². The topological polar surface area (TPSA) is 58.2 Å². The molecule has 0 saturated heterocycles. The Hall–Kier alpha value is -2.74. The van der Waals surface area contributed by atoms with E-state index >= 15 is 0 Å². The van der Waals surface area contributed by atoms with Crippen molar-refractivity contribution >= 4 is 35.3 Å². The standard InChI is InChI=1S/C20H19F3N2O2S/c1-28-17-9-4-14(5-10-17)6-11-18(26)25-16-7-2-15(3-8-16)12-19(27)24-13-20(21,22)23/h2-11H,12-13H2,1H3,(H,24,27)(H,25,26). The molecule has 2 rings (SSSR count). The molecule has 0 fully saturated rings. The highest BCUT2D eigenvalue weighted by molar-refractivity contribution is 7.98. The number of benzene rings is 2. The molecule has 0 atom stereocenters. The first-order valence-electron chi connectivity index (χ1n) is 8.31. The highest BCUT2D eigenvalue weighted by atomic mass is 32.2. The van der Waals surface area contributed by atoms with Crippen LogP contribution in [-0.2, 0) is 16.0 Å². The van der Waals surface area contributed by atoms with Gasteiger partial charge in [-0.1, -0.05) is 24.3 Å². The van der Waals surface area contributed by atoms with E-state index in [1.54, 1.807) is 42.1 Å². The largest absolute Gasteiger partial charge is 0.405 e. The lowest BCUT2D eigenvalue weighted by atomic mass is 10.1. The molecule has 0 aliphatic heterocycles. The summed E-state index contributed by atoms with van der Waals surface area (Å²) in [6, 6.07) is 14.1. The first-order valence-corrected chi connectivity index (χ1v) is 9.53. The summed E-state index contributed by atoms with van der Waals surface area (Å²) in [6.07, 6.45) is 0.481. The minimum absolute atomic E-state index is 0.170. The molecule has 28 heavy (non-hydrogen) atoms. The van der Waals surface area contributed by atoms with Crippen LogP contribution in [0.5, 0.6) is 0 Å². The van der Waals surface area contributed by atoms with Crippen molar-refractivity contribution < 1.29 is 22.8 Å². The van der Waals surface area contributed by atoms with Crippen LogP contribution in [0, 0.1) is 0 Å². The van der Waals surface area contributed by atoms with E-state index in [1.165, 1.54) is 6.08 Å². The fourth-order valence-corrected chi connectivity index (χ4v) is 2.63. The average Bonchev–Trinajstić information content (AvgIpc) is 2.66. The van der Waals surface area contributed by atoms with Gasteiger partial charge in [-0.25, -0.2) is 0 Å². The molecular formula is C20H19F3N2O2S. The molecule has 2 N–H and O–H groups in total. The molecule has 2 aromatic carbocycles. The summed E-state index contributed by atoms with van der Waals surface area (Å²) in [7, 11) is 0. The zero-order chi connectivity index (χ0) is 20.6. The van der Waals surface area contributed by atoms with Gasteiger partial charge in [0, 0.05) is 16.7 Å². The van der Waals surface area contributed by atoms with E-state index in [4.69, 9.17) is 0 Å². The van der Waals surface area contributed by atoms with Gasteiger partial charge >= 0.3 is 6.18 Å². The first kappa shape index (κ1) is 21.6. The number of anilines is 1. The minimum Gasteiger partial charge on any atom is -0.347 e. The zero-order valence-corrected chi connectivity index (χ0v) is 15.9. The van der Waals surface area contributed by atoms with Crippen LogP contribution in [0.15, 0.2) is 59.5 Å². The van der Waals surface area contributed by atoms with Crippen molar-refractivity contribution in [2.75, 3.05) is 18.1 Å². The number of thioether (sulfide) groups is 1. The van der Waals surface area contributed by atoms with E-state index in [9.17, 15) is 22.8 Å². The summed E-state index contributed by atoms with van der Waals surface area (Å²) < 4.78 is 36.2. The SMILES string of the molecule is CSc1ccc(C=CC(=O)Nc2ccc(CC(=O)NCC(F)(F)F)cc2)cc1. The third kappa shape index (κ3) is 7.87. The molecule has 0 spiro atoms. The average molecular weight is 408 g/mol. The third-order valence-electron chi connectivity index (χ3n) is 3.62. The van der Waals surface area contributed by atoms with E-state index in [-0.39, 0.29) is 12.3 Å². The number of carbonyl (C=O) groups is 2. The molecule has 2 amide bonds. The number of nitrogens with one attached hydrogen (secondary N) is 2. The van der Waals surface area contributed by atoms with Crippen LogP contribution in [0.2, 0.25) is 0 Å². The smallest absolute Gasteiger partial charge is 0.347 e. The second-order valence-corrected chi connectivity index (χ2v) is 6.74. The number of carbonyl (C=O) groups excluding carboxylic acids is 2. The summed E-state index contributed by atoms with van der Waals surface area (Å²) >= 11 is 1.63. The van der Waals surface area contributed by atoms with Gasteiger partial charge in [0.15, 0.2) is 0 Å². The Morgan fingerprint density at radius 3 is 2.25 bits per heavy atom. The van der Waals surface area contributed by atoms with Crippen molar-refractivity contribution in [2.24, 2.45) is 0 Å².